The molecule has 0 radical (unpaired) electrons. The molecule has 1 heterocycles. The van der Waals surface area contributed by atoms with Gasteiger partial charge in [-0.2, -0.15) is 0 Å². The van der Waals surface area contributed by atoms with Crippen LogP contribution in [0.25, 0.3) is 0 Å². The molecule has 26 heavy (non-hydrogen) atoms. The summed E-state index contributed by atoms with van der Waals surface area (Å²) in [6.45, 7) is 1.99. The van der Waals surface area contributed by atoms with Crippen molar-refractivity contribution in [3.63, 3.8) is 0 Å². The number of rotatable bonds is 1. The first-order valence-corrected chi connectivity index (χ1v) is 9.17. The number of Topliss-reactive ketones (excluding diaryl/α,β-unsaturated/α-hetero) is 2. The number of oxime groups is 1. The number of carbonyl (C=O) groups excluding carboxylic acids is 2. The van der Waals surface area contributed by atoms with Crippen LogP contribution in [0.3, 0.4) is 0 Å². The van der Waals surface area contributed by atoms with Gasteiger partial charge in [-0.15, -0.1) is 0 Å². The minimum atomic E-state index is -1.21. The second-order valence-corrected chi connectivity index (χ2v) is 7.67. The molecule has 2 bridgehead atoms. The summed E-state index contributed by atoms with van der Waals surface area (Å²) in [5, 5.41) is 4.35. The third kappa shape index (κ3) is 1.17. The van der Waals surface area contributed by atoms with Crippen molar-refractivity contribution < 1.29 is 14.4 Å². The molecule has 0 spiro atoms. The van der Waals surface area contributed by atoms with E-state index in [4.69, 9.17) is 4.84 Å². The SMILES string of the molecule is CCC1=NO[C@]23C(=O)CC(=O)[C@]12C1c2ccccc2C3c2ccccc21. The molecule has 0 amide bonds. The van der Waals surface area contributed by atoms with Crippen LogP contribution in [0.15, 0.2) is 53.7 Å². The predicted octanol–water partition coefficient (Wildman–Crippen LogP) is 3.34. The lowest BCUT2D eigenvalue weighted by Gasteiger charge is -2.55. The van der Waals surface area contributed by atoms with Crippen LogP contribution in [-0.4, -0.2) is 22.9 Å². The molecule has 1 saturated carbocycles. The normalized spacial score (nSPS) is 35.3. The Hall–Kier alpha value is -2.75. The number of ketones is 2. The van der Waals surface area contributed by atoms with Gasteiger partial charge in [0.2, 0.25) is 5.60 Å². The van der Waals surface area contributed by atoms with E-state index in [0.29, 0.717) is 6.42 Å². The molecule has 0 saturated heterocycles. The van der Waals surface area contributed by atoms with Gasteiger partial charge in [-0.1, -0.05) is 60.6 Å². The van der Waals surface area contributed by atoms with Gasteiger partial charge in [-0.05, 0) is 28.7 Å². The summed E-state index contributed by atoms with van der Waals surface area (Å²) in [7, 11) is 0. The van der Waals surface area contributed by atoms with Crippen LogP contribution in [0.5, 0.6) is 0 Å². The lowest BCUT2D eigenvalue weighted by molar-refractivity contribution is -0.154. The summed E-state index contributed by atoms with van der Waals surface area (Å²) in [6, 6.07) is 16.4. The van der Waals surface area contributed by atoms with Crippen LogP contribution in [0.1, 0.15) is 53.9 Å². The lowest BCUT2D eigenvalue weighted by Crippen LogP contribution is -2.64. The van der Waals surface area contributed by atoms with Crippen LogP contribution >= 0.6 is 0 Å². The van der Waals surface area contributed by atoms with Crippen LogP contribution in [0.4, 0.5) is 0 Å². The highest BCUT2D eigenvalue weighted by Crippen LogP contribution is 2.72. The van der Waals surface area contributed by atoms with Crippen molar-refractivity contribution in [2.75, 3.05) is 0 Å². The summed E-state index contributed by atoms with van der Waals surface area (Å²) in [6.07, 6.45) is 0.544. The second kappa shape index (κ2) is 4.32. The summed E-state index contributed by atoms with van der Waals surface area (Å²) in [5.74, 6) is -0.639. The fourth-order valence-corrected chi connectivity index (χ4v) is 6.18. The molecule has 5 aliphatic rings. The maximum absolute atomic E-state index is 13.4. The standard InChI is InChI=1S/C22H17NO3/c1-2-16-21-17(24)11-18(25)22(21,26-23-16)20-14-9-5-3-7-12(14)19(21)13-8-4-6-10-15(13)20/h3-10,19-20H,2,11H2,1H3/t19?,20?,21-,22-/m0/s1. The molecule has 128 valence electrons. The first-order valence-electron chi connectivity index (χ1n) is 9.17. The van der Waals surface area contributed by atoms with Crippen molar-refractivity contribution >= 4 is 17.3 Å². The van der Waals surface area contributed by atoms with E-state index in [0.717, 1.165) is 28.0 Å². The van der Waals surface area contributed by atoms with E-state index >= 15 is 0 Å². The molecule has 0 unspecified atom stereocenters. The largest absolute Gasteiger partial charge is 0.379 e. The molecule has 1 aliphatic heterocycles. The Labute approximate surface area is 150 Å². The van der Waals surface area contributed by atoms with Gasteiger partial charge in [0, 0.05) is 5.92 Å². The maximum Gasteiger partial charge on any atom is 0.225 e. The number of nitrogens with zero attached hydrogens (tertiary/aromatic N) is 1. The van der Waals surface area contributed by atoms with Gasteiger partial charge < -0.3 is 4.84 Å². The summed E-state index contributed by atoms with van der Waals surface area (Å²) < 4.78 is 0. The topological polar surface area (TPSA) is 55.7 Å². The molecule has 7 rings (SSSR count). The predicted molar refractivity (Wildman–Crippen MR) is 95.2 cm³/mol. The summed E-state index contributed by atoms with van der Waals surface area (Å²) >= 11 is 0. The zero-order valence-electron chi connectivity index (χ0n) is 14.4. The van der Waals surface area contributed by atoms with Crippen LogP contribution in [0, 0.1) is 5.41 Å². The van der Waals surface area contributed by atoms with Crippen LogP contribution in [0.2, 0.25) is 0 Å². The smallest absolute Gasteiger partial charge is 0.225 e. The van der Waals surface area contributed by atoms with E-state index in [2.05, 4.69) is 29.4 Å². The Morgan fingerprint density at radius 1 is 0.923 bits per heavy atom. The zero-order chi connectivity index (χ0) is 17.7. The zero-order valence-corrected chi connectivity index (χ0v) is 14.4. The Morgan fingerprint density at radius 3 is 2.00 bits per heavy atom. The van der Waals surface area contributed by atoms with E-state index in [1.807, 2.05) is 31.2 Å². The number of hydrogen-bond donors (Lipinski definition) is 0. The quantitative estimate of drug-likeness (QED) is 0.746. The number of benzene rings is 2. The first-order chi connectivity index (χ1) is 12.7. The minimum Gasteiger partial charge on any atom is -0.379 e. The molecule has 2 aromatic rings. The molecule has 0 aromatic heterocycles. The summed E-state index contributed by atoms with van der Waals surface area (Å²) in [4.78, 5) is 32.7. The van der Waals surface area contributed by atoms with E-state index in [1.54, 1.807) is 0 Å². The molecule has 2 atom stereocenters. The molecular formula is C22H17NO3. The molecule has 1 fully saturated rings. The van der Waals surface area contributed by atoms with Crippen LogP contribution in [-0.2, 0) is 14.4 Å². The van der Waals surface area contributed by atoms with Crippen LogP contribution < -0.4 is 0 Å². The monoisotopic (exact) mass is 343 g/mol. The molecular weight excluding hydrogens is 326 g/mol. The average Bonchev–Trinajstić information content (AvgIpc) is 3.15. The van der Waals surface area contributed by atoms with Crippen molar-refractivity contribution in [3.05, 3.63) is 70.8 Å². The van der Waals surface area contributed by atoms with E-state index in [9.17, 15) is 9.59 Å². The van der Waals surface area contributed by atoms with Gasteiger partial charge in [0.1, 0.15) is 5.41 Å². The Balaban J connectivity index is 1.82. The van der Waals surface area contributed by atoms with Crippen molar-refractivity contribution in [2.45, 2.75) is 37.2 Å². The lowest BCUT2D eigenvalue weighted by atomic mass is 9.44. The molecule has 4 aliphatic carbocycles. The highest BCUT2D eigenvalue weighted by atomic mass is 16.7. The fraction of sp³-hybridized carbons (Fsp3) is 0.318. The number of hydrogen-bond acceptors (Lipinski definition) is 4. The van der Waals surface area contributed by atoms with Gasteiger partial charge in [-0.25, -0.2) is 0 Å². The average molecular weight is 343 g/mol. The van der Waals surface area contributed by atoms with Crippen molar-refractivity contribution in [2.24, 2.45) is 10.6 Å². The van der Waals surface area contributed by atoms with Gasteiger partial charge in [0.05, 0.1) is 18.1 Å². The Bertz CT molecular complexity index is 1010. The number of carbonyl (C=O) groups is 2. The van der Waals surface area contributed by atoms with E-state index in [1.165, 1.54) is 0 Å². The highest BCUT2D eigenvalue weighted by molar-refractivity contribution is 6.28. The van der Waals surface area contributed by atoms with E-state index in [-0.39, 0.29) is 29.8 Å². The van der Waals surface area contributed by atoms with Gasteiger partial charge in [0.15, 0.2) is 11.6 Å². The molecule has 2 aromatic carbocycles. The third-order valence-corrected chi connectivity index (χ3v) is 6.93. The molecule has 4 heteroatoms. The van der Waals surface area contributed by atoms with Gasteiger partial charge in [-0.3, -0.25) is 9.59 Å². The van der Waals surface area contributed by atoms with Gasteiger partial charge >= 0.3 is 0 Å². The maximum atomic E-state index is 13.4. The first kappa shape index (κ1) is 14.4. The molecule has 4 nitrogen and oxygen atoms in total. The molecule has 0 N–H and O–H groups in total. The third-order valence-electron chi connectivity index (χ3n) is 6.93. The van der Waals surface area contributed by atoms with Crippen molar-refractivity contribution in [1.82, 2.24) is 0 Å². The Kier molecular flexibility index (Phi) is 2.39. The van der Waals surface area contributed by atoms with E-state index < -0.39 is 11.0 Å². The van der Waals surface area contributed by atoms with Gasteiger partial charge in [0.25, 0.3) is 0 Å². The Morgan fingerprint density at radius 2 is 1.46 bits per heavy atom. The summed E-state index contributed by atoms with van der Waals surface area (Å²) in [5.41, 5.74) is 3.02. The second-order valence-electron chi connectivity index (χ2n) is 7.67. The minimum absolute atomic E-state index is 0.0281. The van der Waals surface area contributed by atoms with Crippen molar-refractivity contribution in [1.29, 1.82) is 0 Å². The highest BCUT2D eigenvalue weighted by Gasteiger charge is 2.82. The fourth-order valence-electron chi connectivity index (χ4n) is 6.18. The van der Waals surface area contributed by atoms with Crippen molar-refractivity contribution in [3.8, 4) is 0 Å².